The van der Waals surface area contributed by atoms with Crippen LogP contribution in [0.25, 0.3) is 10.8 Å². The first-order chi connectivity index (χ1) is 8.79. The standard InChI is InChI=1S/C12H18N4OS/c1-3-6-13-7-4-5-11-15-16-12(17-11)10-8-14-9(2)18-10/h8,13H,3-7H2,1-2H3. The molecule has 0 aromatic carbocycles. The van der Waals surface area contributed by atoms with Crippen LogP contribution in [0.5, 0.6) is 0 Å². The second-order valence-corrected chi connectivity index (χ2v) is 5.33. The van der Waals surface area contributed by atoms with E-state index in [1.54, 1.807) is 17.5 Å². The molecule has 0 aliphatic rings. The Bertz CT molecular complexity index is 480. The monoisotopic (exact) mass is 266 g/mol. The Balaban J connectivity index is 1.83. The number of hydrogen-bond donors (Lipinski definition) is 1. The van der Waals surface area contributed by atoms with Crippen molar-refractivity contribution in [2.45, 2.75) is 33.1 Å². The molecule has 0 atom stereocenters. The van der Waals surface area contributed by atoms with Crippen LogP contribution in [-0.4, -0.2) is 28.3 Å². The van der Waals surface area contributed by atoms with E-state index in [1.165, 1.54) is 0 Å². The Morgan fingerprint density at radius 1 is 1.33 bits per heavy atom. The fraction of sp³-hybridized carbons (Fsp3) is 0.583. The van der Waals surface area contributed by atoms with Gasteiger partial charge in [-0.2, -0.15) is 0 Å². The highest BCUT2D eigenvalue weighted by Crippen LogP contribution is 2.24. The summed E-state index contributed by atoms with van der Waals surface area (Å²) in [5.74, 6) is 1.28. The molecule has 0 aliphatic heterocycles. The fourth-order valence-electron chi connectivity index (χ4n) is 1.58. The third kappa shape index (κ3) is 3.61. The van der Waals surface area contributed by atoms with Crippen molar-refractivity contribution in [3.8, 4) is 10.8 Å². The molecule has 0 saturated carbocycles. The van der Waals surface area contributed by atoms with Gasteiger partial charge in [-0.05, 0) is 32.9 Å². The van der Waals surface area contributed by atoms with Crippen LogP contribution in [0.1, 0.15) is 30.7 Å². The Kier molecular flexibility index (Phi) is 4.83. The van der Waals surface area contributed by atoms with Crippen molar-refractivity contribution in [2.75, 3.05) is 13.1 Å². The number of nitrogens with zero attached hydrogens (tertiary/aromatic N) is 3. The molecule has 0 unspecified atom stereocenters. The van der Waals surface area contributed by atoms with E-state index < -0.39 is 0 Å². The summed E-state index contributed by atoms with van der Waals surface area (Å²) in [5.41, 5.74) is 0. The Hall–Kier alpha value is -1.27. The van der Waals surface area contributed by atoms with Gasteiger partial charge < -0.3 is 9.73 Å². The van der Waals surface area contributed by atoms with Gasteiger partial charge in [0, 0.05) is 6.42 Å². The minimum atomic E-state index is 0.581. The first-order valence-electron chi connectivity index (χ1n) is 6.25. The van der Waals surface area contributed by atoms with Crippen LogP contribution in [0.2, 0.25) is 0 Å². The summed E-state index contributed by atoms with van der Waals surface area (Å²) < 4.78 is 5.61. The van der Waals surface area contributed by atoms with Gasteiger partial charge >= 0.3 is 0 Å². The smallest absolute Gasteiger partial charge is 0.259 e. The van der Waals surface area contributed by atoms with Crippen molar-refractivity contribution in [2.24, 2.45) is 0 Å². The first-order valence-corrected chi connectivity index (χ1v) is 7.07. The molecule has 6 heteroatoms. The van der Waals surface area contributed by atoms with Crippen molar-refractivity contribution < 1.29 is 4.42 Å². The maximum atomic E-state index is 5.61. The van der Waals surface area contributed by atoms with Gasteiger partial charge in [0.1, 0.15) is 4.88 Å². The minimum absolute atomic E-state index is 0.581. The summed E-state index contributed by atoms with van der Waals surface area (Å²) in [5, 5.41) is 12.5. The second kappa shape index (κ2) is 6.61. The molecule has 0 fully saturated rings. The molecule has 0 aliphatic carbocycles. The van der Waals surface area contributed by atoms with Crippen LogP contribution < -0.4 is 5.32 Å². The van der Waals surface area contributed by atoms with E-state index in [2.05, 4.69) is 27.4 Å². The van der Waals surface area contributed by atoms with Crippen molar-refractivity contribution in [3.05, 3.63) is 17.1 Å². The summed E-state index contributed by atoms with van der Waals surface area (Å²) in [7, 11) is 0. The fourth-order valence-corrected chi connectivity index (χ4v) is 2.28. The molecule has 0 radical (unpaired) electrons. The summed E-state index contributed by atoms with van der Waals surface area (Å²) in [6.45, 7) is 6.18. The summed E-state index contributed by atoms with van der Waals surface area (Å²) in [6, 6.07) is 0. The van der Waals surface area contributed by atoms with Gasteiger partial charge in [0.2, 0.25) is 5.89 Å². The highest BCUT2D eigenvalue weighted by atomic mass is 32.1. The molecule has 0 saturated heterocycles. The van der Waals surface area contributed by atoms with E-state index >= 15 is 0 Å². The van der Waals surface area contributed by atoms with Gasteiger partial charge in [-0.3, -0.25) is 0 Å². The third-order valence-electron chi connectivity index (χ3n) is 2.47. The minimum Gasteiger partial charge on any atom is -0.420 e. The van der Waals surface area contributed by atoms with Crippen molar-refractivity contribution in [1.82, 2.24) is 20.5 Å². The molecular weight excluding hydrogens is 248 g/mol. The molecule has 2 aromatic heterocycles. The van der Waals surface area contributed by atoms with Gasteiger partial charge in [0.15, 0.2) is 0 Å². The summed E-state index contributed by atoms with van der Waals surface area (Å²) >= 11 is 1.57. The van der Waals surface area contributed by atoms with Gasteiger partial charge in [-0.25, -0.2) is 4.98 Å². The molecule has 18 heavy (non-hydrogen) atoms. The average Bonchev–Trinajstić information content (AvgIpc) is 2.97. The third-order valence-corrected chi connectivity index (χ3v) is 3.37. The predicted molar refractivity (Wildman–Crippen MR) is 71.6 cm³/mol. The SMILES string of the molecule is CCCNCCCc1nnc(-c2cnc(C)s2)o1. The van der Waals surface area contributed by atoms with E-state index in [1.807, 2.05) is 6.92 Å². The lowest BCUT2D eigenvalue weighted by molar-refractivity contribution is 0.492. The molecule has 0 amide bonds. The number of hydrogen-bond acceptors (Lipinski definition) is 6. The zero-order valence-corrected chi connectivity index (χ0v) is 11.6. The lowest BCUT2D eigenvalue weighted by Gasteiger charge is -1.99. The normalized spacial score (nSPS) is 11.0. The lowest BCUT2D eigenvalue weighted by Crippen LogP contribution is -2.16. The van der Waals surface area contributed by atoms with Gasteiger partial charge in [0.05, 0.1) is 11.2 Å². The van der Waals surface area contributed by atoms with Gasteiger partial charge in [0.25, 0.3) is 5.89 Å². The highest BCUT2D eigenvalue weighted by molar-refractivity contribution is 7.14. The maximum Gasteiger partial charge on any atom is 0.259 e. The number of aryl methyl sites for hydroxylation is 2. The van der Waals surface area contributed by atoms with Crippen LogP contribution in [0.15, 0.2) is 10.6 Å². The van der Waals surface area contributed by atoms with Crippen molar-refractivity contribution in [3.63, 3.8) is 0 Å². The van der Waals surface area contributed by atoms with Crippen LogP contribution >= 0.6 is 11.3 Å². The molecule has 0 spiro atoms. The molecule has 5 nitrogen and oxygen atoms in total. The van der Waals surface area contributed by atoms with Crippen LogP contribution in [0.4, 0.5) is 0 Å². The van der Waals surface area contributed by atoms with Gasteiger partial charge in [-0.15, -0.1) is 21.5 Å². The van der Waals surface area contributed by atoms with Crippen LogP contribution in [0.3, 0.4) is 0 Å². The quantitative estimate of drug-likeness (QED) is 0.780. The van der Waals surface area contributed by atoms with E-state index in [9.17, 15) is 0 Å². The van der Waals surface area contributed by atoms with E-state index in [-0.39, 0.29) is 0 Å². The predicted octanol–water partition coefficient (Wildman–Crippen LogP) is 2.43. The highest BCUT2D eigenvalue weighted by Gasteiger charge is 2.10. The van der Waals surface area contributed by atoms with E-state index in [4.69, 9.17) is 4.42 Å². The topological polar surface area (TPSA) is 63.8 Å². The molecule has 2 aromatic rings. The lowest BCUT2D eigenvalue weighted by atomic mass is 10.3. The number of thiazole rings is 1. The van der Waals surface area contributed by atoms with Crippen molar-refractivity contribution in [1.29, 1.82) is 0 Å². The summed E-state index contributed by atoms with van der Waals surface area (Å²) in [4.78, 5) is 5.12. The van der Waals surface area contributed by atoms with Crippen LogP contribution in [0, 0.1) is 6.92 Å². The zero-order chi connectivity index (χ0) is 12.8. The molecule has 2 rings (SSSR count). The van der Waals surface area contributed by atoms with Crippen molar-refractivity contribution >= 4 is 11.3 Å². The maximum absolute atomic E-state index is 5.61. The second-order valence-electron chi connectivity index (χ2n) is 4.10. The largest absolute Gasteiger partial charge is 0.420 e. The Labute approximate surface area is 111 Å². The average molecular weight is 266 g/mol. The molecule has 2 heterocycles. The first kappa shape index (κ1) is 13.2. The number of aromatic nitrogens is 3. The Morgan fingerprint density at radius 3 is 2.94 bits per heavy atom. The molecule has 98 valence electrons. The van der Waals surface area contributed by atoms with Crippen LogP contribution in [-0.2, 0) is 6.42 Å². The summed E-state index contributed by atoms with van der Waals surface area (Å²) in [6.07, 6.45) is 4.78. The molecule has 1 N–H and O–H groups in total. The van der Waals surface area contributed by atoms with E-state index in [0.717, 1.165) is 42.2 Å². The van der Waals surface area contributed by atoms with Gasteiger partial charge in [-0.1, -0.05) is 6.92 Å². The number of rotatable bonds is 7. The Morgan fingerprint density at radius 2 is 2.22 bits per heavy atom. The molecule has 0 bridgehead atoms. The zero-order valence-electron chi connectivity index (χ0n) is 10.8. The van der Waals surface area contributed by atoms with E-state index in [0.29, 0.717) is 11.8 Å². The number of nitrogens with one attached hydrogen (secondary N) is 1. The molecular formula is C12H18N4OS.